The van der Waals surface area contributed by atoms with Crippen LogP contribution in [0.2, 0.25) is 0 Å². The highest BCUT2D eigenvalue weighted by atomic mass is 16.4. The van der Waals surface area contributed by atoms with Crippen LogP contribution in [0.3, 0.4) is 0 Å². The minimum absolute atomic E-state index is 0.0108. The van der Waals surface area contributed by atoms with Crippen molar-refractivity contribution in [3.8, 4) is 0 Å². The Kier molecular flexibility index (Phi) is 4.32. The highest BCUT2D eigenvalue weighted by molar-refractivity contribution is 5.87. The van der Waals surface area contributed by atoms with Gasteiger partial charge in [0.2, 0.25) is 0 Å². The number of benzene rings is 1. The predicted octanol–water partition coefficient (Wildman–Crippen LogP) is 2.86. The fourth-order valence-electron chi connectivity index (χ4n) is 3.40. The number of aromatic carboxylic acids is 1. The second kappa shape index (κ2) is 6.38. The summed E-state index contributed by atoms with van der Waals surface area (Å²) >= 11 is 0. The minimum Gasteiger partial charge on any atom is -0.478 e. The van der Waals surface area contributed by atoms with Gasteiger partial charge in [0.15, 0.2) is 0 Å². The quantitative estimate of drug-likeness (QED) is 0.898. The molecule has 2 fully saturated rings. The van der Waals surface area contributed by atoms with E-state index in [0.29, 0.717) is 18.5 Å². The van der Waals surface area contributed by atoms with Crippen LogP contribution in [0.5, 0.6) is 0 Å². The predicted molar refractivity (Wildman–Crippen MR) is 82.7 cm³/mol. The van der Waals surface area contributed by atoms with Gasteiger partial charge < -0.3 is 15.3 Å². The summed E-state index contributed by atoms with van der Waals surface area (Å²) in [6.45, 7) is 1.29. The largest absolute Gasteiger partial charge is 0.478 e. The molecule has 1 aliphatic carbocycles. The van der Waals surface area contributed by atoms with Gasteiger partial charge in [-0.15, -0.1) is 0 Å². The van der Waals surface area contributed by atoms with Crippen LogP contribution in [0, 0.1) is 5.92 Å². The number of nitrogens with zero attached hydrogens (tertiary/aromatic N) is 1. The number of carboxylic acid groups (broad SMARTS) is 1. The summed E-state index contributed by atoms with van der Waals surface area (Å²) in [4.78, 5) is 25.2. The number of rotatable bonds is 4. The summed E-state index contributed by atoms with van der Waals surface area (Å²) in [6, 6.07) is 7.06. The zero-order valence-electron chi connectivity index (χ0n) is 12.6. The smallest absolute Gasteiger partial charge is 0.335 e. The fraction of sp³-hybridized carbons (Fsp3) is 0.529. The molecule has 0 aromatic heterocycles. The van der Waals surface area contributed by atoms with E-state index in [-0.39, 0.29) is 11.6 Å². The topological polar surface area (TPSA) is 69.6 Å². The van der Waals surface area contributed by atoms with Crippen LogP contribution < -0.4 is 5.32 Å². The van der Waals surface area contributed by atoms with Crippen molar-refractivity contribution in [2.45, 2.75) is 44.7 Å². The molecule has 1 aromatic rings. The average Bonchev–Trinajstić information content (AvgIpc) is 2.92. The molecule has 0 bridgehead atoms. The van der Waals surface area contributed by atoms with Gasteiger partial charge in [-0.2, -0.15) is 0 Å². The van der Waals surface area contributed by atoms with Gasteiger partial charge in [0, 0.05) is 19.1 Å². The second-order valence-electron chi connectivity index (χ2n) is 6.25. The molecule has 2 amide bonds. The molecule has 3 rings (SSSR count). The third-order valence-electron chi connectivity index (χ3n) is 4.90. The molecule has 0 radical (unpaired) electrons. The number of carboxylic acids is 1. The van der Waals surface area contributed by atoms with Crippen molar-refractivity contribution < 1.29 is 14.7 Å². The molecule has 1 saturated heterocycles. The van der Waals surface area contributed by atoms with Crippen molar-refractivity contribution in [1.82, 2.24) is 10.2 Å². The Bertz CT molecular complexity index is 552. The van der Waals surface area contributed by atoms with Crippen LogP contribution in [0.15, 0.2) is 24.3 Å². The molecule has 1 atom stereocenters. The van der Waals surface area contributed by atoms with Gasteiger partial charge in [0.05, 0.1) is 5.56 Å². The van der Waals surface area contributed by atoms with Gasteiger partial charge >= 0.3 is 12.0 Å². The van der Waals surface area contributed by atoms with Gasteiger partial charge in [-0.1, -0.05) is 18.6 Å². The number of nitrogens with one attached hydrogen (secondary N) is 1. The summed E-state index contributed by atoms with van der Waals surface area (Å²) in [7, 11) is 0. The molecular formula is C17H22N2O3. The number of carbonyl (C=O) groups is 2. The first-order chi connectivity index (χ1) is 10.6. The van der Waals surface area contributed by atoms with Crippen molar-refractivity contribution in [1.29, 1.82) is 0 Å². The van der Waals surface area contributed by atoms with Gasteiger partial charge in [0.1, 0.15) is 0 Å². The second-order valence-corrected chi connectivity index (χ2v) is 6.25. The Morgan fingerprint density at radius 3 is 2.45 bits per heavy atom. The Labute approximate surface area is 130 Å². The summed E-state index contributed by atoms with van der Waals surface area (Å²) in [5.41, 5.74) is 1.18. The van der Waals surface area contributed by atoms with E-state index in [1.54, 1.807) is 24.3 Å². The van der Waals surface area contributed by atoms with E-state index >= 15 is 0 Å². The lowest BCUT2D eigenvalue weighted by Crippen LogP contribution is -2.46. The molecule has 118 valence electrons. The molecule has 1 aliphatic heterocycles. The first-order valence-corrected chi connectivity index (χ1v) is 8.02. The zero-order chi connectivity index (χ0) is 15.5. The van der Waals surface area contributed by atoms with Crippen LogP contribution in [0.1, 0.15) is 48.0 Å². The van der Waals surface area contributed by atoms with Crippen molar-refractivity contribution in [3.63, 3.8) is 0 Å². The number of hydrogen-bond donors (Lipinski definition) is 2. The van der Waals surface area contributed by atoms with Gasteiger partial charge in [0.25, 0.3) is 0 Å². The number of carbonyl (C=O) groups excluding carboxylic acids is 1. The third kappa shape index (κ3) is 3.08. The molecule has 22 heavy (non-hydrogen) atoms. The van der Waals surface area contributed by atoms with Crippen LogP contribution in [-0.2, 0) is 6.54 Å². The number of likely N-dealkylation sites (tertiary alicyclic amines) is 1. The molecule has 2 aliphatic rings. The lowest BCUT2D eigenvalue weighted by Gasteiger charge is -2.37. The summed E-state index contributed by atoms with van der Waals surface area (Å²) in [6.07, 6.45) is 6.04. The van der Waals surface area contributed by atoms with Crippen molar-refractivity contribution in [3.05, 3.63) is 35.4 Å². The molecule has 5 nitrogen and oxygen atoms in total. The van der Waals surface area contributed by atoms with E-state index in [4.69, 9.17) is 5.11 Å². The zero-order valence-corrected chi connectivity index (χ0v) is 12.6. The molecule has 0 spiro atoms. The lowest BCUT2D eigenvalue weighted by atomic mass is 9.79. The Hall–Kier alpha value is -2.04. The van der Waals surface area contributed by atoms with E-state index in [2.05, 4.69) is 5.32 Å². The standard InChI is InChI=1S/C17H22N2O3/c20-16(21)14-8-6-12(7-9-14)11-18-17(22)19-10-2-5-15(19)13-3-1-4-13/h6-9,13,15H,1-5,10-11H2,(H,18,22)(H,20,21). The van der Waals surface area contributed by atoms with Crippen molar-refractivity contribution in [2.75, 3.05) is 6.54 Å². The minimum atomic E-state index is -0.934. The van der Waals surface area contributed by atoms with Crippen molar-refractivity contribution >= 4 is 12.0 Å². The molecule has 1 aromatic carbocycles. The molecule has 5 heteroatoms. The Morgan fingerprint density at radius 2 is 1.86 bits per heavy atom. The molecule has 1 heterocycles. The van der Waals surface area contributed by atoms with Gasteiger partial charge in [-0.25, -0.2) is 9.59 Å². The summed E-state index contributed by atoms with van der Waals surface area (Å²) in [5, 5.41) is 11.8. The Balaban J connectivity index is 1.54. The van der Waals surface area contributed by atoms with Gasteiger partial charge in [-0.05, 0) is 49.3 Å². The van der Waals surface area contributed by atoms with Crippen LogP contribution >= 0.6 is 0 Å². The number of urea groups is 1. The van der Waals surface area contributed by atoms with E-state index in [9.17, 15) is 9.59 Å². The van der Waals surface area contributed by atoms with Crippen LogP contribution in [0.25, 0.3) is 0 Å². The van der Waals surface area contributed by atoms with Crippen molar-refractivity contribution in [2.24, 2.45) is 5.92 Å². The SMILES string of the molecule is O=C(O)c1ccc(CNC(=O)N2CCCC2C2CCC2)cc1. The van der Waals surface area contributed by atoms with Gasteiger partial charge in [-0.3, -0.25) is 0 Å². The van der Waals surface area contributed by atoms with Crippen LogP contribution in [-0.4, -0.2) is 34.6 Å². The van der Waals surface area contributed by atoms with Crippen LogP contribution in [0.4, 0.5) is 4.79 Å². The first kappa shape index (κ1) is 14.9. The third-order valence-corrected chi connectivity index (χ3v) is 4.90. The summed E-state index contributed by atoms with van der Waals surface area (Å²) < 4.78 is 0. The number of amides is 2. The number of hydrogen-bond acceptors (Lipinski definition) is 2. The highest BCUT2D eigenvalue weighted by Crippen LogP contribution is 2.37. The van der Waals surface area contributed by atoms with E-state index in [1.165, 1.54) is 19.3 Å². The van der Waals surface area contributed by atoms with E-state index in [1.807, 2.05) is 4.90 Å². The fourth-order valence-corrected chi connectivity index (χ4v) is 3.40. The molecule has 1 unspecified atom stereocenters. The highest BCUT2D eigenvalue weighted by Gasteiger charge is 2.37. The molecular weight excluding hydrogens is 280 g/mol. The molecule has 1 saturated carbocycles. The first-order valence-electron chi connectivity index (χ1n) is 8.02. The Morgan fingerprint density at radius 1 is 1.14 bits per heavy atom. The molecule has 2 N–H and O–H groups in total. The normalized spacial score (nSPS) is 21.5. The van der Waals surface area contributed by atoms with E-state index < -0.39 is 5.97 Å². The van der Waals surface area contributed by atoms with E-state index in [0.717, 1.165) is 24.9 Å². The maximum Gasteiger partial charge on any atom is 0.335 e. The summed E-state index contributed by atoms with van der Waals surface area (Å²) in [5.74, 6) is -0.237. The maximum absolute atomic E-state index is 12.4. The average molecular weight is 302 g/mol. The maximum atomic E-state index is 12.4. The lowest BCUT2D eigenvalue weighted by molar-refractivity contribution is 0.0697. The monoisotopic (exact) mass is 302 g/mol.